The molecule has 1 aromatic heterocycles. The van der Waals surface area contributed by atoms with Crippen LogP contribution >= 0.6 is 0 Å². The van der Waals surface area contributed by atoms with Crippen molar-refractivity contribution in [3.8, 4) is 16.9 Å². The molecule has 4 rings (SSSR count). The summed E-state index contributed by atoms with van der Waals surface area (Å²) < 4.78 is 40.9. The van der Waals surface area contributed by atoms with Crippen molar-refractivity contribution < 1.29 is 32.5 Å². The zero-order valence-electron chi connectivity index (χ0n) is 17.4. The van der Waals surface area contributed by atoms with Crippen molar-refractivity contribution in [2.75, 3.05) is 6.61 Å². The first-order chi connectivity index (χ1) is 15.4. The average molecular weight is 450 g/mol. The van der Waals surface area contributed by atoms with Gasteiger partial charge in [-0.3, -0.25) is 9.78 Å². The molecular formula is C23H25F3N2O4. The summed E-state index contributed by atoms with van der Waals surface area (Å²) in [5.41, 5.74) is 1.59. The van der Waals surface area contributed by atoms with Crippen LogP contribution in [0.15, 0.2) is 42.7 Å². The third-order valence-electron chi connectivity index (χ3n) is 5.63. The fourth-order valence-corrected chi connectivity index (χ4v) is 3.71. The van der Waals surface area contributed by atoms with E-state index in [0.29, 0.717) is 29.2 Å². The van der Waals surface area contributed by atoms with E-state index in [-0.39, 0.29) is 23.8 Å². The number of rotatable bonds is 8. The van der Waals surface area contributed by atoms with Gasteiger partial charge in [0.2, 0.25) is 0 Å². The Hall–Kier alpha value is -2.65. The number of alkyl halides is 3. The van der Waals surface area contributed by atoms with Gasteiger partial charge >= 0.3 is 6.36 Å². The molecule has 1 heterocycles. The van der Waals surface area contributed by atoms with Crippen molar-refractivity contribution in [2.24, 2.45) is 5.92 Å². The van der Waals surface area contributed by atoms with Gasteiger partial charge in [0.1, 0.15) is 11.9 Å². The van der Waals surface area contributed by atoms with Gasteiger partial charge in [-0.05, 0) is 55.4 Å². The molecule has 2 aliphatic carbocycles. The molecule has 9 heteroatoms. The van der Waals surface area contributed by atoms with Crippen LogP contribution in [-0.2, 0) is 9.78 Å². The standard InChI is InChI=1S/C23H25F3N2O4/c24-23(25,26)31-19-9-7-16(8-10-19)17-11-18(13-27-12-17)22(29)28-20-3-1-2-4-21(20)32-30-14-15-5-6-15/h7-13,15,20-21H,1-6,14H2,(H,28,29)/t20-,21-/m1/s1. The lowest BCUT2D eigenvalue weighted by atomic mass is 9.92. The van der Waals surface area contributed by atoms with Crippen LogP contribution in [0.4, 0.5) is 13.2 Å². The Kier molecular flexibility index (Phi) is 6.95. The first kappa shape index (κ1) is 22.5. The van der Waals surface area contributed by atoms with Crippen molar-refractivity contribution in [1.29, 1.82) is 0 Å². The second kappa shape index (κ2) is 9.87. The molecule has 2 saturated carbocycles. The third kappa shape index (κ3) is 6.43. The molecule has 172 valence electrons. The van der Waals surface area contributed by atoms with Crippen LogP contribution in [0.3, 0.4) is 0 Å². The van der Waals surface area contributed by atoms with Crippen molar-refractivity contribution in [1.82, 2.24) is 10.3 Å². The van der Waals surface area contributed by atoms with E-state index in [1.54, 1.807) is 12.3 Å². The Labute approximate surface area is 184 Å². The number of nitrogens with zero attached hydrogens (tertiary/aromatic N) is 1. The normalized spacial score (nSPS) is 21.2. The van der Waals surface area contributed by atoms with Gasteiger partial charge in [0.15, 0.2) is 0 Å². The van der Waals surface area contributed by atoms with E-state index in [9.17, 15) is 18.0 Å². The number of carbonyl (C=O) groups excluding carboxylic acids is 1. The van der Waals surface area contributed by atoms with Crippen molar-refractivity contribution in [3.05, 3.63) is 48.3 Å². The summed E-state index contributed by atoms with van der Waals surface area (Å²) in [6.07, 6.45) is 4.07. The number of pyridine rings is 1. The molecule has 0 unspecified atom stereocenters. The zero-order chi connectivity index (χ0) is 22.6. The van der Waals surface area contributed by atoms with E-state index in [4.69, 9.17) is 9.78 Å². The average Bonchev–Trinajstić information content (AvgIpc) is 3.59. The Morgan fingerprint density at radius 1 is 1.03 bits per heavy atom. The quantitative estimate of drug-likeness (QED) is 0.450. The molecule has 2 aliphatic rings. The molecule has 1 aromatic carbocycles. The number of halogens is 3. The molecule has 0 aliphatic heterocycles. The first-order valence-corrected chi connectivity index (χ1v) is 10.8. The number of carbonyl (C=O) groups is 1. The number of hydrogen-bond acceptors (Lipinski definition) is 5. The minimum Gasteiger partial charge on any atom is -0.406 e. The van der Waals surface area contributed by atoms with Crippen LogP contribution in [0.1, 0.15) is 48.9 Å². The number of nitrogens with one attached hydrogen (secondary N) is 1. The monoisotopic (exact) mass is 450 g/mol. The maximum absolute atomic E-state index is 12.9. The summed E-state index contributed by atoms with van der Waals surface area (Å²) in [6.45, 7) is 0.593. The number of aromatic nitrogens is 1. The van der Waals surface area contributed by atoms with Gasteiger partial charge in [-0.25, -0.2) is 9.78 Å². The Balaban J connectivity index is 1.38. The fourth-order valence-electron chi connectivity index (χ4n) is 3.71. The molecule has 0 radical (unpaired) electrons. The van der Waals surface area contributed by atoms with E-state index < -0.39 is 6.36 Å². The zero-order valence-corrected chi connectivity index (χ0v) is 17.4. The lowest BCUT2D eigenvalue weighted by Crippen LogP contribution is -2.46. The van der Waals surface area contributed by atoms with E-state index in [2.05, 4.69) is 15.0 Å². The summed E-state index contributed by atoms with van der Waals surface area (Å²) >= 11 is 0. The van der Waals surface area contributed by atoms with Gasteiger partial charge in [-0.2, -0.15) is 0 Å². The van der Waals surface area contributed by atoms with E-state index >= 15 is 0 Å². The smallest absolute Gasteiger partial charge is 0.406 e. The lowest BCUT2D eigenvalue weighted by molar-refractivity contribution is -0.334. The molecule has 2 aromatic rings. The van der Waals surface area contributed by atoms with E-state index in [1.807, 2.05) is 0 Å². The number of amides is 1. The SMILES string of the molecule is O=C(N[C@@H]1CCCC[C@H]1OOCC1CC1)c1cncc(-c2ccc(OC(F)(F)F)cc2)c1. The van der Waals surface area contributed by atoms with Gasteiger partial charge in [-0.1, -0.05) is 25.0 Å². The molecule has 0 bridgehead atoms. The number of hydrogen-bond donors (Lipinski definition) is 1. The maximum atomic E-state index is 12.9. The minimum atomic E-state index is -4.75. The van der Waals surface area contributed by atoms with Crippen LogP contribution in [0.25, 0.3) is 11.1 Å². The van der Waals surface area contributed by atoms with Crippen LogP contribution in [-0.4, -0.2) is 36.0 Å². The van der Waals surface area contributed by atoms with Gasteiger partial charge in [-0.15, -0.1) is 13.2 Å². The molecular weight excluding hydrogens is 425 g/mol. The Morgan fingerprint density at radius 2 is 1.78 bits per heavy atom. The topological polar surface area (TPSA) is 69.7 Å². The molecule has 1 amide bonds. The van der Waals surface area contributed by atoms with Crippen molar-refractivity contribution in [2.45, 2.75) is 57.0 Å². The minimum absolute atomic E-state index is 0.155. The van der Waals surface area contributed by atoms with E-state index in [1.165, 1.54) is 43.3 Å². The molecule has 6 nitrogen and oxygen atoms in total. The second-order valence-corrected chi connectivity index (χ2v) is 8.26. The number of benzene rings is 1. The highest BCUT2D eigenvalue weighted by Crippen LogP contribution is 2.30. The molecule has 2 fully saturated rings. The fraction of sp³-hybridized carbons (Fsp3) is 0.478. The first-order valence-electron chi connectivity index (χ1n) is 10.8. The van der Waals surface area contributed by atoms with Crippen LogP contribution < -0.4 is 10.1 Å². The second-order valence-electron chi connectivity index (χ2n) is 8.26. The van der Waals surface area contributed by atoms with Gasteiger partial charge in [0, 0.05) is 18.0 Å². The predicted molar refractivity (Wildman–Crippen MR) is 110 cm³/mol. The highest BCUT2D eigenvalue weighted by atomic mass is 19.4. The highest BCUT2D eigenvalue weighted by molar-refractivity contribution is 5.95. The van der Waals surface area contributed by atoms with Crippen molar-refractivity contribution >= 4 is 5.91 Å². The summed E-state index contributed by atoms with van der Waals surface area (Å²) in [5, 5.41) is 3.02. The summed E-state index contributed by atoms with van der Waals surface area (Å²) in [7, 11) is 0. The summed E-state index contributed by atoms with van der Waals surface area (Å²) in [6, 6.07) is 6.93. The summed E-state index contributed by atoms with van der Waals surface area (Å²) in [5.74, 6) is 0.00366. The third-order valence-corrected chi connectivity index (χ3v) is 5.63. The largest absolute Gasteiger partial charge is 0.573 e. The molecule has 32 heavy (non-hydrogen) atoms. The van der Waals surface area contributed by atoms with Gasteiger partial charge in [0.05, 0.1) is 18.2 Å². The highest BCUT2D eigenvalue weighted by Gasteiger charge is 2.31. The van der Waals surface area contributed by atoms with Crippen LogP contribution in [0.2, 0.25) is 0 Å². The Bertz CT molecular complexity index is 916. The van der Waals surface area contributed by atoms with Crippen LogP contribution in [0, 0.1) is 5.92 Å². The molecule has 2 atom stereocenters. The van der Waals surface area contributed by atoms with Gasteiger partial charge in [0.25, 0.3) is 5.91 Å². The Morgan fingerprint density at radius 3 is 2.50 bits per heavy atom. The molecule has 0 saturated heterocycles. The predicted octanol–water partition coefficient (Wildman–Crippen LogP) is 5.05. The summed E-state index contributed by atoms with van der Waals surface area (Å²) in [4.78, 5) is 28.0. The van der Waals surface area contributed by atoms with E-state index in [0.717, 1.165) is 25.7 Å². The van der Waals surface area contributed by atoms with Gasteiger partial charge < -0.3 is 10.1 Å². The van der Waals surface area contributed by atoms with Crippen molar-refractivity contribution in [3.63, 3.8) is 0 Å². The molecule has 0 spiro atoms. The lowest BCUT2D eigenvalue weighted by Gasteiger charge is -2.31. The number of ether oxygens (including phenoxy) is 1. The molecule has 1 N–H and O–H groups in total. The maximum Gasteiger partial charge on any atom is 0.573 e. The van der Waals surface area contributed by atoms with Crippen LogP contribution in [0.5, 0.6) is 5.75 Å².